The van der Waals surface area contributed by atoms with Crippen molar-refractivity contribution in [1.29, 1.82) is 0 Å². The lowest BCUT2D eigenvalue weighted by Crippen LogP contribution is -2.46. The summed E-state index contributed by atoms with van der Waals surface area (Å²) < 4.78 is 0. The van der Waals surface area contributed by atoms with E-state index in [1.165, 1.54) is 36.9 Å². The molecule has 0 unspecified atom stereocenters. The molecule has 1 N–H and O–H groups in total. The average molecular weight is 246 g/mol. The first-order chi connectivity index (χ1) is 8.65. The van der Waals surface area contributed by atoms with E-state index in [1.54, 1.807) is 0 Å². The maximum Gasteiger partial charge on any atom is 0.0233 e. The quantitative estimate of drug-likeness (QED) is 0.830. The van der Waals surface area contributed by atoms with Gasteiger partial charge in [-0.15, -0.1) is 0 Å². The van der Waals surface area contributed by atoms with Crippen molar-refractivity contribution in [2.45, 2.75) is 32.7 Å². The second-order valence-electron chi connectivity index (χ2n) is 5.98. The van der Waals surface area contributed by atoms with E-state index in [0.29, 0.717) is 5.41 Å². The van der Waals surface area contributed by atoms with E-state index >= 15 is 0 Å². The Morgan fingerprint density at radius 3 is 2.56 bits per heavy atom. The van der Waals surface area contributed by atoms with Gasteiger partial charge in [-0.1, -0.05) is 30.7 Å². The molecule has 2 rings (SSSR count). The van der Waals surface area contributed by atoms with Gasteiger partial charge in [0.15, 0.2) is 0 Å². The third-order valence-electron chi connectivity index (χ3n) is 4.27. The molecule has 0 bridgehead atoms. The van der Waals surface area contributed by atoms with E-state index in [1.807, 2.05) is 0 Å². The summed E-state index contributed by atoms with van der Waals surface area (Å²) in [5, 5.41) is 3.36. The molecule has 0 aliphatic heterocycles. The van der Waals surface area contributed by atoms with Crippen LogP contribution in [0.2, 0.25) is 0 Å². The molecule has 100 valence electrons. The Balaban J connectivity index is 1.92. The summed E-state index contributed by atoms with van der Waals surface area (Å²) in [5.74, 6) is 0. The minimum absolute atomic E-state index is 0.534. The Labute approximate surface area is 111 Å². The maximum absolute atomic E-state index is 3.36. The van der Waals surface area contributed by atoms with E-state index in [0.717, 1.165) is 13.1 Å². The topological polar surface area (TPSA) is 15.3 Å². The van der Waals surface area contributed by atoms with Gasteiger partial charge < -0.3 is 10.2 Å². The first kappa shape index (κ1) is 13.6. The fourth-order valence-electron chi connectivity index (χ4n) is 3.15. The summed E-state index contributed by atoms with van der Waals surface area (Å²) in [6, 6.07) is 8.71. The highest BCUT2D eigenvalue weighted by Crippen LogP contribution is 2.40. The summed E-state index contributed by atoms with van der Waals surface area (Å²) in [5.41, 5.74) is 3.39. The summed E-state index contributed by atoms with van der Waals surface area (Å²) >= 11 is 0. The minimum Gasteiger partial charge on any atom is -0.319 e. The summed E-state index contributed by atoms with van der Waals surface area (Å²) in [4.78, 5) is 2.48. The fraction of sp³-hybridized carbons (Fsp3) is 0.625. The van der Waals surface area contributed by atoms with Crippen molar-refractivity contribution >= 4 is 0 Å². The summed E-state index contributed by atoms with van der Waals surface area (Å²) in [6.07, 6.45) is 4.16. The predicted molar refractivity (Wildman–Crippen MR) is 77.7 cm³/mol. The molecule has 0 heterocycles. The molecular weight excluding hydrogens is 220 g/mol. The molecule has 0 amide bonds. The standard InChI is InChI=1S/C16H26N2/c1-14-7-4-5-8-15(14)11-18(3)13-16(12-17-2)9-6-10-16/h4-5,7-8,17H,6,9-13H2,1-3H3. The highest BCUT2D eigenvalue weighted by molar-refractivity contribution is 5.25. The van der Waals surface area contributed by atoms with Crippen molar-refractivity contribution in [1.82, 2.24) is 10.2 Å². The van der Waals surface area contributed by atoms with Crippen LogP contribution in [0.3, 0.4) is 0 Å². The molecule has 0 saturated heterocycles. The molecule has 18 heavy (non-hydrogen) atoms. The van der Waals surface area contributed by atoms with Crippen LogP contribution in [0.15, 0.2) is 24.3 Å². The van der Waals surface area contributed by atoms with Crippen molar-refractivity contribution in [3.63, 3.8) is 0 Å². The van der Waals surface area contributed by atoms with Crippen LogP contribution < -0.4 is 5.32 Å². The van der Waals surface area contributed by atoms with Crippen molar-refractivity contribution in [2.75, 3.05) is 27.2 Å². The molecule has 0 aromatic heterocycles. The Hall–Kier alpha value is -0.860. The molecule has 2 nitrogen and oxygen atoms in total. The largest absolute Gasteiger partial charge is 0.319 e. The third-order valence-corrected chi connectivity index (χ3v) is 4.27. The van der Waals surface area contributed by atoms with Crippen LogP contribution in [0, 0.1) is 12.3 Å². The maximum atomic E-state index is 3.36. The molecule has 1 aliphatic carbocycles. The van der Waals surface area contributed by atoms with Gasteiger partial charge in [0, 0.05) is 19.6 Å². The van der Waals surface area contributed by atoms with Crippen molar-refractivity contribution in [3.05, 3.63) is 35.4 Å². The number of benzene rings is 1. The predicted octanol–water partition coefficient (Wildman–Crippen LogP) is 2.82. The number of aryl methyl sites for hydroxylation is 1. The minimum atomic E-state index is 0.534. The van der Waals surface area contributed by atoms with Gasteiger partial charge in [0.25, 0.3) is 0 Å². The monoisotopic (exact) mass is 246 g/mol. The first-order valence-corrected chi connectivity index (χ1v) is 7.03. The zero-order valence-corrected chi connectivity index (χ0v) is 12.0. The summed E-state index contributed by atoms with van der Waals surface area (Å²) in [6.45, 7) is 5.64. The van der Waals surface area contributed by atoms with Crippen LogP contribution in [0.4, 0.5) is 0 Å². The lowest BCUT2D eigenvalue weighted by Gasteiger charge is -2.44. The lowest BCUT2D eigenvalue weighted by molar-refractivity contribution is 0.0767. The zero-order chi connectivity index (χ0) is 13.0. The van der Waals surface area contributed by atoms with E-state index in [-0.39, 0.29) is 0 Å². The van der Waals surface area contributed by atoms with Gasteiger partial charge in [-0.05, 0) is 50.4 Å². The molecule has 1 saturated carbocycles. The molecule has 2 heteroatoms. The number of hydrogen-bond donors (Lipinski definition) is 1. The summed E-state index contributed by atoms with van der Waals surface area (Å²) in [7, 11) is 4.32. The Morgan fingerprint density at radius 2 is 2.00 bits per heavy atom. The molecule has 1 fully saturated rings. The molecule has 1 aromatic rings. The molecule has 0 spiro atoms. The Bertz CT molecular complexity index is 382. The highest BCUT2D eigenvalue weighted by Gasteiger charge is 2.36. The first-order valence-electron chi connectivity index (χ1n) is 7.03. The van der Waals surface area contributed by atoms with Gasteiger partial charge in [0.05, 0.1) is 0 Å². The second-order valence-corrected chi connectivity index (χ2v) is 5.98. The van der Waals surface area contributed by atoms with E-state index < -0.39 is 0 Å². The highest BCUT2D eigenvalue weighted by atomic mass is 15.1. The molecule has 1 aliphatic rings. The smallest absolute Gasteiger partial charge is 0.0233 e. The second kappa shape index (κ2) is 5.85. The fourth-order valence-corrected chi connectivity index (χ4v) is 3.15. The van der Waals surface area contributed by atoms with E-state index in [9.17, 15) is 0 Å². The van der Waals surface area contributed by atoms with Gasteiger partial charge in [0.1, 0.15) is 0 Å². The van der Waals surface area contributed by atoms with Gasteiger partial charge in [0.2, 0.25) is 0 Å². The number of hydrogen-bond acceptors (Lipinski definition) is 2. The van der Waals surface area contributed by atoms with Crippen LogP contribution in [-0.2, 0) is 6.54 Å². The molecule has 0 atom stereocenters. The number of nitrogens with zero attached hydrogens (tertiary/aromatic N) is 1. The van der Waals surface area contributed by atoms with Crippen LogP contribution in [-0.4, -0.2) is 32.1 Å². The SMILES string of the molecule is CNCC1(CN(C)Cc2ccccc2C)CCC1. The van der Waals surface area contributed by atoms with E-state index in [2.05, 4.69) is 55.5 Å². The third kappa shape index (κ3) is 3.12. The van der Waals surface area contributed by atoms with Crippen LogP contribution in [0.5, 0.6) is 0 Å². The zero-order valence-electron chi connectivity index (χ0n) is 12.0. The van der Waals surface area contributed by atoms with Crippen LogP contribution in [0.25, 0.3) is 0 Å². The average Bonchev–Trinajstić information content (AvgIpc) is 2.29. The molecule has 1 aromatic carbocycles. The van der Waals surface area contributed by atoms with Gasteiger partial charge >= 0.3 is 0 Å². The van der Waals surface area contributed by atoms with Crippen LogP contribution >= 0.6 is 0 Å². The van der Waals surface area contributed by atoms with Gasteiger partial charge in [-0.25, -0.2) is 0 Å². The lowest BCUT2D eigenvalue weighted by atomic mass is 9.68. The van der Waals surface area contributed by atoms with E-state index in [4.69, 9.17) is 0 Å². The van der Waals surface area contributed by atoms with Crippen molar-refractivity contribution in [2.24, 2.45) is 5.41 Å². The Kier molecular flexibility index (Phi) is 4.41. The number of nitrogens with one attached hydrogen (secondary N) is 1. The number of rotatable bonds is 6. The van der Waals surface area contributed by atoms with Crippen molar-refractivity contribution in [3.8, 4) is 0 Å². The van der Waals surface area contributed by atoms with Gasteiger partial charge in [-0.3, -0.25) is 0 Å². The normalized spacial score (nSPS) is 17.8. The molecular formula is C16H26N2. The molecule has 0 radical (unpaired) electrons. The Morgan fingerprint density at radius 1 is 1.28 bits per heavy atom. The van der Waals surface area contributed by atoms with Crippen LogP contribution in [0.1, 0.15) is 30.4 Å². The van der Waals surface area contributed by atoms with Gasteiger partial charge in [-0.2, -0.15) is 0 Å². The van der Waals surface area contributed by atoms with Crippen molar-refractivity contribution < 1.29 is 0 Å².